The Morgan fingerprint density at radius 1 is 0.554 bits per heavy atom. The van der Waals surface area contributed by atoms with E-state index in [1.165, 1.54) is 89.9 Å². The number of carbonyl (C=O) groups is 2. The molecule has 0 aliphatic carbocycles. The average molecular weight is 813 g/mol. The highest BCUT2D eigenvalue weighted by Crippen LogP contribution is 2.43. The number of nitrogens with zero attached hydrogens (tertiary/aromatic N) is 1. The predicted octanol–water partition coefficient (Wildman–Crippen LogP) is 12.9. The van der Waals surface area contributed by atoms with Gasteiger partial charge in [-0.15, -0.1) is 0 Å². The van der Waals surface area contributed by atoms with E-state index in [0.29, 0.717) is 17.4 Å². The van der Waals surface area contributed by atoms with Crippen LogP contribution >= 0.6 is 7.82 Å². The van der Waals surface area contributed by atoms with Gasteiger partial charge >= 0.3 is 19.8 Å². The first kappa shape index (κ1) is 54.2. The van der Waals surface area contributed by atoms with Crippen LogP contribution in [0.4, 0.5) is 0 Å². The molecule has 1 N–H and O–H groups in total. The molecule has 0 heterocycles. The fourth-order valence-corrected chi connectivity index (χ4v) is 6.80. The zero-order valence-corrected chi connectivity index (χ0v) is 37.8. The van der Waals surface area contributed by atoms with E-state index in [2.05, 4.69) is 50.3 Å². The lowest BCUT2D eigenvalue weighted by molar-refractivity contribution is -0.870. The van der Waals surface area contributed by atoms with E-state index in [1.807, 2.05) is 21.1 Å². The standard InChI is InChI=1S/C46H86NO8P/c1-6-8-10-12-14-16-18-20-22-23-25-27-29-31-33-35-37-39-46(49)55-44(43-54-56(50,51)53-41-40-47(3,4)5)42-52-45(48)38-36-34-32-30-28-26-24-21-19-17-15-13-11-9-7-2/h17,19-22,24,44H,6-16,18,23,25-43H2,1-5H3/p+1/b19-17+,22-20+,24-21+/t44-/m1/s1. The van der Waals surface area contributed by atoms with Gasteiger partial charge in [-0.3, -0.25) is 18.6 Å². The normalized spacial score (nSPS) is 13.9. The van der Waals surface area contributed by atoms with E-state index in [4.69, 9.17) is 18.5 Å². The van der Waals surface area contributed by atoms with E-state index >= 15 is 0 Å². The summed E-state index contributed by atoms with van der Waals surface area (Å²) in [5, 5.41) is 0. The smallest absolute Gasteiger partial charge is 0.462 e. The second kappa shape index (κ2) is 38.7. The molecule has 0 rings (SSSR count). The van der Waals surface area contributed by atoms with Crippen molar-refractivity contribution >= 4 is 19.8 Å². The zero-order valence-electron chi connectivity index (χ0n) is 36.9. The minimum absolute atomic E-state index is 0.0281. The number of unbranched alkanes of at least 4 members (excludes halogenated alkanes) is 22. The van der Waals surface area contributed by atoms with Crippen LogP contribution in [0.5, 0.6) is 0 Å². The quantitative estimate of drug-likeness (QED) is 0.0162. The molecule has 1 unspecified atom stereocenters. The SMILES string of the molecule is CCCCCC/C=C/C=C/CCCCCCCC(=O)OC[C@H](COP(=O)(O)OCC[N+](C)(C)C)OC(=O)CCCCCCCCC/C=C/CCCCCCCC. The summed E-state index contributed by atoms with van der Waals surface area (Å²) >= 11 is 0. The van der Waals surface area contributed by atoms with Gasteiger partial charge in [0.25, 0.3) is 0 Å². The van der Waals surface area contributed by atoms with Crippen LogP contribution in [0.2, 0.25) is 0 Å². The number of esters is 2. The third kappa shape index (κ3) is 41.9. The summed E-state index contributed by atoms with van der Waals surface area (Å²) in [5.41, 5.74) is 0. The molecule has 0 radical (unpaired) electrons. The molecule has 0 aliphatic rings. The summed E-state index contributed by atoms with van der Waals surface area (Å²) in [6, 6.07) is 0. The van der Waals surface area contributed by atoms with Gasteiger partial charge in [-0.25, -0.2) is 4.57 Å². The van der Waals surface area contributed by atoms with Crippen LogP contribution in [0.3, 0.4) is 0 Å². The van der Waals surface area contributed by atoms with Gasteiger partial charge < -0.3 is 18.9 Å². The van der Waals surface area contributed by atoms with Crippen LogP contribution in [-0.4, -0.2) is 74.9 Å². The van der Waals surface area contributed by atoms with Gasteiger partial charge in [0.05, 0.1) is 27.7 Å². The van der Waals surface area contributed by atoms with Crippen molar-refractivity contribution in [1.29, 1.82) is 0 Å². The third-order valence-electron chi connectivity index (χ3n) is 9.67. The molecule has 0 bridgehead atoms. The Balaban J connectivity index is 4.37. The maximum Gasteiger partial charge on any atom is 0.472 e. The summed E-state index contributed by atoms with van der Waals surface area (Å²) in [7, 11) is 1.46. The van der Waals surface area contributed by atoms with Crippen LogP contribution in [0, 0.1) is 0 Å². The second-order valence-corrected chi connectivity index (χ2v) is 17.9. The highest BCUT2D eigenvalue weighted by atomic mass is 31.2. The number of carbonyl (C=O) groups excluding carboxylic acids is 2. The van der Waals surface area contributed by atoms with E-state index in [1.54, 1.807) is 0 Å². The van der Waals surface area contributed by atoms with E-state index in [0.717, 1.165) is 70.6 Å². The van der Waals surface area contributed by atoms with Crippen LogP contribution in [-0.2, 0) is 32.7 Å². The first-order valence-corrected chi connectivity index (χ1v) is 24.2. The minimum atomic E-state index is -4.38. The molecule has 56 heavy (non-hydrogen) atoms. The zero-order chi connectivity index (χ0) is 41.4. The third-order valence-corrected chi connectivity index (χ3v) is 10.7. The van der Waals surface area contributed by atoms with Crippen molar-refractivity contribution in [2.75, 3.05) is 47.5 Å². The number of phosphoric acid groups is 1. The van der Waals surface area contributed by atoms with Gasteiger partial charge in [0, 0.05) is 12.8 Å². The fourth-order valence-electron chi connectivity index (χ4n) is 6.06. The molecule has 9 nitrogen and oxygen atoms in total. The van der Waals surface area contributed by atoms with E-state index < -0.39 is 26.5 Å². The largest absolute Gasteiger partial charge is 0.472 e. The number of rotatable bonds is 41. The van der Waals surface area contributed by atoms with Crippen LogP contribution < -0.4 is 0 Å². The van der Waals surface area contributed by atoms with Gasteiger partial charge in [0.1, 0.15) is 19.8 Å². The fraction of sp³-hybridized carbons (Fsp3) is 0.826. The molecular weight excluding hydrogens is 725 g/mol. The topological polar surface area (TPSA) is 108 Å². The number of phosphoric ester groups is 1. The maximum atomic E-state index is 12.7. The Bertz CT molecular complexity index is 1050. The lowest BCUT2D eigenvalue weighted by atomic mass is 10.1. The van der Waals surface area contributed by atoms with Crippen molar-refractivity contribution in [3.05, 3.63) is 36.5 Å². The maximum absolute atomic E-state index is 12.7. The predicted molar refractivity (Wildman–Crippen MR) is 234 cm³/mol. The molecule has 0 aromatic heterocycles. The summed E-state index contributed by atoms with van der Waals surface area (Å²) in [6.07, 6.45) is 43.3. The highest BCUT2D eigenvalue weighted by Gasteiger charge is 2.27. The van der Waals surface area contributed by atoms with Crippen LogP contribution in [0.25, 0.3) is 0 Å². The molecule has 0 spiro atoms. The highest BCUT2D eigenvalue weighted by molar-refractivity contribution is 7.47. The first-order valence-electron chi connectivity index (χ1n) is 22.7. The van der Waals surface area contributed by atoms with Crippen molar-refractivity contribution < 1.29 is 42.1 Å². The monoisotopic (exact) mass is 813 g/mol. The van der Waals surface area contributed by atoms with Gasteiger partial charge in [-0.2, -0.15) is 0 Å². The minimum Gasteiger partial charge on any atom is -0.462 e. The van der Waals surface area contributed by atoms with Gasteiger partial charge in [-0.1, -0.05) is 153 Å². The summed E-state index contributed by atoms with van der Waals surface area (Å²) in [6.45, 7) is 4.38. The molecule has 0 aromatic carbocycles. The Morgan fingerprint density at radius 3 is 1.45 bits per heavy atom. The van der Waals surface area contributed by atoms with Crippen molar-refractivity contribution in [2.45, 2.75) is 200 Å². The second-order valence-electron chi connectivity index (χ2n) is 16.5. The number of quaternary nitrogens is 1. The number of hydrogen-bond acceptors (Lipinski definition) is 7. The summed E-state index contributed by atoms with van der Waals surface area (Å²) < 4.78 is 34.3. The van der Waals surface area contributed by atoms with E-state index in [9.17, 15) is 19.0 Å². The number of ether oxygens (including phenoxy) is 2. The molecule has 10 heteroatoms. The Hall–Kier alpha value is -1.77. The molecular formula is C46H87NO8P+. The van der Waals surface area contributed by atoms with E-state index in [-0.39, 0.29) is 32.0 Å². The van der Waals surface area contributed by atoms with Crippen molar-refractivity contribution in [3.8, 4) is 0 Å². The van der Waals surface area contributed by atoms with Gasteiger partial charge in [0.15, 0.2) is 6.10 Å². The first-order chi connectivity index (χ1) is 27.0. The van der Waals surface area contributed by atoms with Crippen molar-refractivity contribution in [2.24, 2.45) is 0 Å². The van der Waals surface area contributed by atoms with Crippen molar-refractivity contribution in [3.63, 3.8) is 0 Å². The molecule has 2 atom stereocenters. The Kier molecular flexibility index (Phi) is 37.5. The van der Waals surface area contributed by atoms with Crippen LogP contribution in [0.1, 0.15) is 194 Å². The molecule has 0 amide bonds. The summed E-state index contributed by atoms with van der Waals surface area (Å²) in [4.78, 5) is 35.4. The molecule has 0 fully saturated rings. The Labute approximate surface area is 344 Å². The van der Waals surface area contributed by atoms with Gasteiger partial charge in [0.2, 0.25) is 0 Å². The lowest BCUT2D eigenvalue weighted by Crippen LogP contribution is -2.37. The Morgan fingerprint density at radius 2 is 0.964 bits per heavy atom. The van der Waals surface area contributed by atoms with Gasteiger partial charge in [-0.05, 0) is 64.2 Å². The number of hydrogen-bond donors (Lipinski definition) is 1. The lowest BCUT2D eigenvalue weighted by Gasteiger charge is -2.24. The molecule has 0 saturated heterocycles. The molecule has 328 valence electrons. The van der Waals surface area contributed by atoms with Crippen LogP contribution in [0.15, 0.2) is 36.5 Å². The molecule has 0 aliphatic heterocycles. The molecule has 0 aromatic rings. The average Bonchev–Trinajstić information content (AvgIpc) is 3.15. The number of allylic oxidation sites excluding steroid dienone is 6. The molecule has 0 saturated carbocycles. The summed E-state index contributed by atoms with van der Waals surface area (Å²) in [5.74, 6) is -0.819. The van der Waals surface area contributed by atoms with Crippen molar-refractivity contribution in [1.82, 2.24) is 0 Å². The number of likely N-dealkylation sites (N-methyl/N-ethyl adjacent to an activating group) is 1.